The summed E-state index contributed by atoms with van der Waals surface area (Å²) in [4.78, 5) is 70.8. The third-order valence-corrected chi connectivity index (χ3v) is 22.7. The summed E-state index contributed by atoms with van der Waals surface area (Å²) in [6.07, 6.45) is 34.6. The number of hydrogen-bond acceptors (Lipinski definition) is 25. The van der Waals surface area contributed by atoms with Crippen molar-refractivity contribution in [1.29, 1.82) is 0 Å². The number of hydrogen-bond donors (Lipinski definition) is 12. The molecule has 17 aliphatic heterocycles. The van der Waals surface area contributed by atoms with E-state index in [1.165, 1.54) is 199 Å². The lowest BCUT2D eigenvalue weighted by Gasteiger charge is -2.17. The Kier molecular flexibility index (Phi) is 201. The van der Waals surface area contributed by atoms with E-state index in [0.29, 0.717) is 62.7 Å². The molecule has 143 heavy (non-hydrogen) atoms. The van der Waals surface area contributed by atoms with Crippen molar-refractivity contribution in [3.63, 3.8) is 0 Å². The van der Waals surface area contributed by atoms with Crippen LogP contribution in [0.25, 0.3) is 0 Å². The van der Waals surface area contributed by atoms with Crippen LogP contribution in [-0.2, 0) is 77.6 Å². The SMILES string of the molecule is C1CCCNCC1.C1CCCOCC1.C1CCNC1.C1CCNCC1.C1CCOC1.C1CCOCC1.C1CCSC1.C1CNC1.C1COCCN1.CC.CC.CC.CC.CC.CC.CC.CC.CC.CC.CC.CC.CC.CC.CC.CC.CC.O=C1CCC(=O)N1.O=C1CCC(=O)N1.O=C1CCCN1.O=C1CCS(=O)(=O)N1.O=C1NCCN1.O=S1(=O)CCCC1.O=S1(=O)CCCN1.c1ccc2c(c1)OCCO2. The summed E-state index contributed by atoms with van der Waals surface area (Å²) in [5, 5.41) is 28.2. The highest BCUT2D eigenvalue weighted by Gasteiger charge is 2.23. The fourth-order valence-corrected chi connectivity index (χ4v) is 15.1. The molecule has 1 aromatic rings. The maximum Gasteiger partial charge on any atom is 0.314 e. The monoisotopic (exact) mass is 2140 g/mol. The third-order valence-electron chi connectivity index (χ3n) is 16.9. The number of urea groups is 1. The number of amides is 8. The predicted molar refractivity (Wildman–Crippen MR) is 622 cm³/mol. The predicted octanol–water partition coefficient (Wildman–Crippen LogP) is 22.2. The van der Waals surface area contributed by atoms with Crippen molar-refractivity contribution in [2.75, 3.05) is 192 Å². The van der Waals surface area contributed by atoms with Gasteiger partial charge < -0.3 is 71.0 Å². The van der Waals surface area contributed by atoms with Crippen LogP contribution in [0.3, 0.4) is 0 Å². The summed E-state index contributed by atoms with van der Waals surface area (Å²) in [5.74, 6) is 4.87. The van der Waals surface area contributed by atoms with Gasteiger partial charge in [0.25, 0.3) is 0 Å². The molecule has 16 fully saturated rings. The molecule has 0 saturated carbocycles. The highest BCUT2D eigenvalue weighted by atomic mass is 32.2. The lowest BCUT2D eigenvalue weighted by molar-refractivity contribution is -0.126. The number of benzene rings is 1. The Morgan fingerprint density at radius 2 is 0.517 bits per heavy atom. The molecule has 870 valence electrons. The molecule has 12 N–H and O–H groups in total. The number of fused-ring (bicyclic) bond motifs is 1. The first-order valence-electron chi connectivity index (χ1n) is 57.3. The standard InChI is InChI=1S/C8H8O2.C6H13N.C6H12O.C5H11N.C5H10O.2C4H5NO2.C4H9NO.C4H7NO.C4H9N.C4H8O2S.C4H8O.C4H8S.C3H6N2O.C3H5NO3S.C3H7NO2S.C3H7N.17C2H6/c1-2-4-8-7(3-1)9-5-6-10-8;2*1-2-4-6-7-5-3-1;2*1-2-4-6-5-3-1;2*6-3-1-2-4(7)5-3;1-3-6-4-2-5-1;6-4-2-1-3-5-4;1-2-4-5-3-1;5-7(6)3-1-2-4-7;2*1-2-4-5-3-1;6-3-4-1-2-5-3;5-3-1-2-8(6,7)4-3;5-7(6)3-1-2-4-7;1-2-4-3-1;17*1-2/h1-4H,5-6H2;7H,1-6H2;1-6H2;6H,1-5H2;1-5H2;2*1-2H2,(H,5,6,7);5H,1-4H2;1-3H2,(H,5,6);5H,1-4H2;1-4H2;2*1-4H2;1-2H2,(H2,4,5,6);1-2H2,(H,4,5);4H,1-3H2;4H,1-3H2;17*1-2H3. The number of carbonyl (C=O) groups excluding carboxylic acids is 7. The molecule has 31 nitrogen and oxygen atoms in total. The van der Waals surface area contributed by atoms with Crippen molar-refractivity contribution in [3.05, 3.63) is 24.3 Å². The minimum atomic E-state index is -3.20. The van der Waals surface area contributed by atoms with Gasteiger partial charge in [-0.3, -0.25) is 44.1 Å². The van der Waals surface area contributed by atoms with Gasteiger partial charge in [-0.2, -0.15) is 11.8 Å². The Balaban J connectivity index is -0.0000000842. The van der Waals surface area contributed by atoms with Crippen LogP contribution < -0.4 is 72.1 Å². The molecule has 0 radical (unpaired) electrons. The number of rotatable bonds is 0. The summed E-state index contributed by atoms with van der Waals surface area (Å²) >= 11 is 2.07. The number of sulfonamides is 2. The molecule has 17 heterocycles. The zero-order valence-corrected chi connectivity index (χ0v) is 103. The van der Waals surface area contributed by atoms with Gasteiger partial charge in [0.2, 0.25) is 55.5 Å². The van der Waals surface area contributed by atoms with Crippen LogP contribution in [-0.4, -0.2) is 259 Å². The molecule has 0 unspecified atom stereocenters. The second-order valence-electron chi connectivity index (χ2n) is 27.0. The Morgan fingerprint density at radius 1 is 0.231 bits per heavy atom. The molecule has 0 atom stereocenters. The van der Waals surface area contributed by atoms with Gasteiger partial charge in [0.15, 0.2) is 11.5 Å². The minimum Gasteiger partial charge on any atom is -0.486 e. The topological polar surface area (TPSA) is 422 Å². The largest absolute Gasteiger partial charge is 0.486 e. The van der Waals surface area contributed by atoms with E-state index in [1.54, 1.807) is 0 Å². The molecule has 0 bridgehead atoms. The molecule has 8 amide bonds. The number of sulfone groups is 1. The van der Waals surface area contributed by atoms with Crippen molar-refractivity contribution >= 4 is 83.1 Å². The zero-order chi connectivity index (χ0) is 113. The van der Waals surface area contributed by atoms with Gasteiger partial charge >= 0.3 is 6.03 Å². The van der Waals surface area contributed by atoms with Crippen molar-refractivity contribution in [3.8, 4) is 11.5 Å². The Morgan fingerprint density at radius 3 is 0.671 bits per heavy atom. The first-order chi connectivity index (χ1) is 69.8. The van der Waals surface area contributed by atoms with Crippen LogP contribution in [0, 0.1) is 0 Å². The zero-order valence-electron chi connectivity index (χ0n) is 99.3. The smallest absolute Gasteiger partial charge is 0.314 e. The molecule has 16 saturated heterocycles. The summed E-state index contributed by atoms with van der Waals surface area (Å²) in [5.41, 5.74) is 0. The fraction of sp³-hybridized carbons (Fsp3) is 0.880. The highest BCUT2D eigenvalue weighted by molar-refractivity contribution is 7.99. The molecular weight excluding hydrogens is 1900 g/mol. The highest BCUT2D eigenvalue weighted by Crippen LogP contribution is 2.28. The van der Waals surface area contributed by atoms with E-state index in [2.05, 4.69) is 69.7 Å². The first-order valence-corrected chi connectivity index (χ1v) is 63.5. The molecule has 17 aliphatic rings. The average Bonchev–Trinajstić information content (AvgIpc) is 1.87. The van der Waals surface area contributed by atoms with Crippen LogP contribution in [0.2, 0.25) is 0 Å². The molecule has 35 heteroatoms. The summed E-state index contributed by atoms with van der Waals surface area (Å²) < 4.78 is 97.1. The van der Waals surface area contributed by atoms with Crippen molar-refractivity contribution in [2.24, 2.45) is 0 Å². The number of piperidine rings is 1. The maximum atomic E-state index is 10.4. The second kappa shape index (κ2) is 165. The van der Waals surface area contributed by atoms with Gasteiger partial charge in [0, 0.05) is 117 Å². The van der Waals surface area contributed by atoms with Crippen LogP contribution in [0.5, 0.6) is 11.5 Å². The lowest BCUT2D eigenvalue weighted by Crippen LogP contribution is -2.30. The van der Waals surface area contributed by atoms with Crippen LogP contribution in [0.4, 0.5) is 4.79 Å². The quantitative estimate of drug-likeness (QED) is 0.107. The number of carbonyl (C=O) groups is 7. The number of morpholine rings is 1. The van der Waals surface area contributed by atoms with Gasteiger partial charge in [-0.15, -0.1) is 0 Å². The Hall–Kier alpha value is -4.89. The molecule has 18 rings (SSSR count). The Labute approximate surface area is 889 Å². The van der Waals surface area contributed by atoms with E-state index >= 15 is 0 Å². The van der Waals surface area contributed by atoms with Gasteiger partial charge in [0.05, 0.1) is 36.2 Å². The lowest BCUT2D eigenvalue weighted by atomic mass is 10.2. The number of nitrogens with one attached hydrogen (secondary N) is 12. The third kappa shape index (κ3) is 160. The normalized spacial score (nSPS) is 18.1. The van der Waals surface area contributed by atoms with E-state index in [1.807, 2.05) is 264 Å². The molecule has 0 aliphatic carbocycles. The van der Waals surface area contributed by atoms with Crippen LogP contribution in [0.1, 0.15) is 434 Å². The van der Waals surface area contributed by atoms with Gasteiger partial charge in [0.1, 0.15) is 23.1 Å². The average molecular weight is 2140 g/mol. The fourth-order valence-electron chi connectivity index (χ4n) is 10.5. The summed E-state index contributed by atoms with van der Waals surface area (Å²) in [6, 6.07) is 7.65. The van der Waals surface area contributed by atoms with Gasteiger partial charge in [-0.05, 0) is 204 Å². The first kappa shape index (κ1) is 174. The van der Waals surface area contributed by atoms with E-state index < -0.39 is 35.8 Å². The molecule has 1 aromatic carbocycles. The minimum absolute atomic E-state index is 0.0463. The van der Waals surface area contributed by atoms with E-state index in [4.69, 9.17) is 28.4 Å². The number of ether oxygens (including phenoxy) is 6. The van der Waals surface area contributed by atoms with E-state index in [9.17, 15) is 58.8 Å². The molecule has 0 aromatic heterocycles. The van der Waals surface area contributed by atoms with E-state index in [0.717, 1.165) is 129 Å². The number of thioether (sulfide) groups is 1. The van der Waals surface area contributed by atoms with Crippen molar-refractivity contribution in [1.82, 2.24) is 62.6 Å². The summed E-state index contributed by atoms with van der Waals surface area (Å²) in [7, 11) is -8.54. The summed E-state index contributed by atoms with van der Waals surface area (Å²) in [6.45, 7) is 92.2. The maximum absolute atomic E-state index is 10.4. The van der Waals surface area contributed by atoms with Gasteiger partial charge in [-0.25, -0.2) is 34.8 Å². The molecule has 0 spiro atoms. The van der Waals surface area contributed by atoms with E-state index in [-0.39, 0.29) is 47.7 Å². The van der Waals surface area contributed by atoms with Crippen LogP contribution in [0.15, 0.2) is 24.3 Å². The second-order valence-corrected chi connectivity index (χ2v) is 34.3. The molecular formula is C108H240N12O19S4. The van der Waals surface area contributed by atoms with Gasteiger partial charge in [-0.1, -0.05) is 280 Å². The van der Waals surface area contributed by atoms with Crippen LogP contribution >= 0.6 is 11.8 Å². The van der Waals surface area contributed by atoms with Crippen molar-refractivity contribution in [2.45, 2.75) is 434 Å². The Bertz CT molecular complexity index is 2520. The van der Waals surface area contributed by atoms with Crippen molar-refractivity contribution < 1.29 is 87.2 Å². The number of para-hydroxylation sites is 2. The number of imide groups is 2.